The fourth-order valence-corrected chi connectivity index (χ4v) is 2.92. The van der Waals surface area contributed by atoms with E-state index in [1.54, 1.807) is 0 Å². The van der Waals surface area contributed by atoms with Gasteiger partial charge in [-0.15, -0.1) is 11.3 Å². The van der Waals surface area contributed by atoms with Gasteiger partial charge >= 0.3 is 0 Å². The largest absolute Gasteiger partial charge is 0.330 e. The predicted octanol–water partition coefficient (Wildman–Crippen LogP) is 2.34. The highest BCUT2D eigenvalue weighted by Gasteiger charge is 2.02. The molecule has 1 aromatic heterocycles. The second kappa shape index (κ2) is 5.62. The van der Waals surface area contributed by atoms with Gasteiger partial charge in [-0.25, -0.2) is 4.98 Å². The van der Waals surface area contributed by atoms with Crippen molar-refractivity contribution in [3.05, 3.63) is 15.6 Å². The Balaban J connectivity index is 2.29. The van der Waals surface area contributed by atoms with Crippen molar-refractivity contribution in [3.63, 3.8) is 0 Å². The summed E-state index contributed by atoms with van der Waals surface area (Å²) in [5.74, 6) is 2.19. The fourth-order valence-electron chi connectivity index (χ4n) is 0.946. The summed E-state index contributed by atoms with van der Waals surface area (Å²) >= 11 is 3.73. The lowest BCUT2D eigenvalue weighted by atomic mass is 10.4. The molecular formula is C9H16N2S2. The number of aryl methyl sites for hydroxylation is 2. The van der Waals surface area contributed by atoms with Gasteiger partial charge in [0.15, 0.2) is 0 Å². The van der Waals surface area contributed by atoms with Crippen LogP contribution in [0.1, 0.15) is 22.0 Å². The Kier molecular flexibility index (Phi) is 4.77. The van der Waals surface area contributed by atoms with Crippen LogP contribution in [-0.4, -0.2) is 17.3 Å². The molecule has 0 saturated heterocycles. The Morgan fingerprint density at radius 3 is 2.77 bits per heavy atom. The Hall–Kier alpha value is -0.0600. The Bertz CT molecular complexity index is 239. The summed E-state index contributed by atoms with van der Waals surface area (Å²) < 4.78 is 0. The zero-order valence-electron chi connectivity index (χ0n) is 8.17. The molecule has 1 heterocycles. The second-order valence-electron chi connectivity index (χ2n) is 2.94. The van der Waals surface area contributed by atoms with Crippen molar-refractivity contribution in [1.82, 2.24) is 4.98 Å². The Morgan fingerprint density at radius 2 is 2.23 bits per heavy atom. The number of hydrogen-bond donors (Lipinski definition) is 1. The van der Waals surface area contributed by atoms with E-state index in [9.17, 15) is 0 Å². The van der Waals surface area contributed by atoms with Crippen LogP contribution in [0, 0.1) is 13.8 Å². The molecule has 0 saturated carbocycles. The molecule has 13 heavy (non-hydrogen) atoms. The molecule has 0 amide bonds. The first-order valence-electron chi connectivity index (χ1n) is 4.44. The predicted molar refractivity (Wildman–Crippen MR) is 61.4 cm³/mol. The number of thioether (sulfide) groups is 1. The van der Waals surface area contributed by atoms with Gasteiger partial charge in [-0.05, 0) is 32.6 Å². The first-order chi connectivity index (χ1) is 6.24. The molecule has 2 nitrogen and oxygen atoms in total. The normalized spacial score (nSPS) is 10.7. The van der Waals surface area contributed by atoms with Crippen LogP contribution in [-0.2, 0) is 5.75 Å². The highest BCUT2D eigenvalue weighted by molar-refractivity contribution is 7.98. The minimum atomic E-state index is 0.795. The summed E-state index contributed by atoms with van der Waals surface area (Å²) in [6.45, 7) is 4.99. The highest BCUT2D eigenvalue weighted by Crippen LogP contribution is 2.21. The molecule has 1 aromatic rings. The van der Waals surface area contributed by atoms with E-state index in [0.717, 1.165) is 24.5 Å². The third-order valence-electron chi connectivity index (χ3n) is 1.79. The molecule has 4 heteroatoms. The third-order valence-corrected chi connectivity index (χ3v) is 4.10. The maximum absolute atomic E-state index is 5.41. The molecular weight excluding hydrogens is 200 g/mol. The number of rotatable bonds is 5. The van der Waals surface area contributed by atoms with Crippen molar-refractivity contribution in [2.45, 2.75) is 26.0 Å². The fraction of sp³-hybridized carbons (Fsp3) is 0.667. The topological polar surface area (TPSA) is 38.9 Å². The van der Waals surface area contributed by atoms with Gasteiger partial charge in [-0.3, -0.25) is 0 Å². The molecule has 0 radical (unpaired) electrons. The van der Waals surface area contributed by atoms with Crippen LogP contribution in [0.25, 0.3) is 0 Å². The van der Waals surface area contributed by atoms with Gasteiger partial charge in [-0.2, -0.15) is 11.8 Å². The van der Waals surface area contributed by atoms with Crippen molar-refractivity contribution in [2.24, 2.45) is 5.73 Å². The van der Waals surface area contributed by atoms with E-state index in [0.29, 0.717) is 0 Å². The maximum atomic E-state index is 5.41. The summed E-state index contributed by atoms with van der Waals surface area (Å²) in [5.41, 5.74) is 6.59. The minimum Gasteiger partial charge on any atom is -0.330 e. The monoisotopic (exact) mass is 216 g/mol. The third kappa shape index (κ3) is 3.67. The summed E-state index contributed by atoms with van der Waals surface area (Å²) in [6, 6.07) is 0. The number of hydrogen-bond acceptors (Lipinski definition) is 4. The van der Waals surface area contributed by atoms with Crippen molar-refractivity contribution in [3.8, 4) is 0 Å². The molecule has 0 atom stereocenters. The van der Waals surface area contributed by atoms with Gasteiger partial charge < -0.3 is 5.73 Å². The molecule has 0 aliphatic carbocycles. The summed E-state index contributed by atoms with van der Waals surface area (Å²) in [7, 11) is 0. The van der Waals surface area contributed by atoms with Gasteiger partial charge in [0.25, 0.3) is 0 Å². The summed E-state index contributed by atoms with van der Waals surface area (Å²) in [4.78, 5) is 5.82. The maximum Gasteiger partial charge on any atom is 0.103 e. The van der Waals surface area contributed by atoms with E-state index in [2.05, 4.69) is 18.8 Å². The summed E-state index contributed by atoms with van der Waals surface area (Å²) in [6.07, 6.45) is 1.11. The SMILES string of the molecule is Cc1nc(CSCCCN)sc1C. The lowest BCUT2D eigenvalue weighted by Gasteiger charge is -1.95. The zero-order chi connectivity index (χ0) is 9.68. The Labute approximate surface area is 87.9 Å². The van der Waals surface area contributed by atoms with Crippen molar-refractivity contribution < 1.29 is 0 Å². The van der Waals surface area contributed by atoms with Gasteiger partial charge in [-0.1, -0.05) is 0 Å². The van der Waals surface area contributed by atoms with E-state index in [1.165, 1.54) is 15.6 Å². The van der Waals surface area contributed by atoms with Crippen LogP contribution in [0.2, 0.25) is 0 Å². The van der Waals surface area contributed by atoms with Crippen molar-refractivity contribution >= 4 is 23.1 Å². The van der Waals surface area contributed by atoms with Crippen LogP contribution in [0.3, 0.4) is 0 Å². The van der Waals surface area contributed by atoms with Gasteiger partial charge in [0.2, 0.25) is 0 Å². The first kappa shape index (κ1) is 11.0. The van der Waals surface area contributed by atoms with Crippen LogP contribution in [0.5, 0.6) is 0 Å². The number of nitrogens with zero attached hydrogens (tertiary/aromatic N) is 1. The molecule has 0 aromatic carbocycles. The average Bonchev–Trinajstić information content (AvgIpc) is 2.41. The van der Waals surface area contributed by atoms with Crippen molar-refractivity contribution in [1.29, 1.82) is 0 Å². The number of aromatic nitrogens is 1. The van der Waals surface area contributed by atoms with Gasteiger partial charge in [0.1, 0.15) is 5.01 Å². The zero-order valence-corrected chi connectivity index (χ0v) is 9.80. The van der Waals surface area contributed by atoms with Crippen LogP contribution in [0.15, 0.2) is 0 Å². The summed E-state index contributed by atoms with van der Waals surface area (Å²) in [5, 5.41) is 1.25. The molecule has 74 valence electrons. The van der Waals surface area contributed by atoms with E-state index in [1.807, 2.05) is 23.1 Å². The molecule has 0 fully saturated rings. The molecule has 0 spiro atoms. The number of nitrogens with two attached hydrogens (primary N) is 1. The average molecular weight is 216 g/mol. The lowest BCUT2D eigenvalue weighted by molar-refractivity contribution is 0.942. The smallest absolute Gasteiger partial charge is 0.103 e. The quantitative estimate of drug-likeness (QED) is 0.768. The standard InChI is InChI=1S/C9H16N2S2/c1-7-8(2)13-9(11-7)6-12-5-3-4-10/h3-6,10H2,1-2H3. The van der Waals surface area contributed by atoms with Crippen LogP contribution >= 0.6 is 23.1 Å². The molecule has 2 N–H and O–H groups in total. The first-order valence-corrected chi connectivity index (χ1v) is 6.42. The van der Waals surface area contributed by atoms with Crippen LogP contribution in [0.4, 0.5) is 0 Å². The van der Waals surface area contributed by atoms with E-state index >= 15 is 0 Å². The van der Waals surface area contributed by atoms with E-state index in [-0.39, 0.29) is 0 Å². The number of thiazole rings is 1. The molecule has 0 aliphatic heterocycles. The van der Waals surface area contributed by atoms with Gasteiger partial charge in [0, 0.05) is 10.6 Å². The molecule has 0 unspecified atom stereocenters. The van der Waals surface area contributed by atoms with Crippen molar-refractivity contribution in [2.75, 3.05) is 12.3 Å². The highest BCUT2D eigenvalue weighted by atomic mass is 32.2. The Morgan fingerprint density at radius 1 is 1.46 bits per heavy atom. The van der Waals surface area contributed by atoms with E-state index in [4.69, 9.17) is 5.73 Å². The lowest BCUT2D eigenvalue weighted by Crippen LogP contribution is -1.99. The minimum absolute atomic E-state index is 0.795. The van der Waals surface area contributed by atoms with E-state index < -0.39 is 0 Å². The molecule has 1 rings (SSSR count). The molecule has 0 aliphatic rings. The van der Waals surface area contributed by atoms with Gasteiger partial charge in [0.05, 0.1) is 5.69 Å². The second-order valence-corrected chi connectivity index (χ2v) is 5.34. The van der Waals surface area contributed by atoms with Crippen LogP contribution < -0.4 is 5.73 Å². The molecule has 0 bridgehead atoms.